The number of ether oxygens (including phenoxy) is 1. The number of aryl methyl sites for hydroxylation is 1. The Morgan fingerprint density at radius 1 is 0.533 bits per heavy atom. The first-order chi connectivity index (χ1) is 35.5. The summed E-state index contributed by atoms with van der Waals surface area (Å²) < 4.78 is 12.9. The zero-order valence-corrected chi connectivity index (χ0v) is 46.5. The molecule has 8 heteroatoms. The van der Waals surface area contributed by atoms with Gasteiger partial charge in [0.15, 0.2) is 0 Å². The fourth-order valence-electron chi connectivity index (χ4n) is 9.71. The van der Waals surface area contributed by atoms with Crippen LogP contribution in [0.3, 0.4) is 0 Å². The van der Waals surface area contributed by atoms with Crippen molar-refractivity contribution in [2.24, 2.45) is 0 Å². The Morgan fingerprint density at radius 2 is 1.11 bits per heavy atom. The van der Waals surface area contributed by atoms with Crippen LogP contribution in [0, 0.1) is 25.4 Å². The molecule has 0 amide bonds. The molecule has 0 radical (unpaired) electrons. The number of pyridine rings is 2. The first kappa shape index (κ1) is 50.8. The Balaban J connectivity index is 0.00000641. The first-order valence-electron chi connectivity index (χ1n) is 25.4. The van der Waals surface area contributed by atoms with Gasteiger partial charge in [0.05, 0.1) is 5.82 Å². The normalized spacial score (nSPS) is 12.0. The molecule has 75 heavy (non-hydrogen) atoms. The molecule has 4 heterocycles. The van der Waals surface area contributed by atoms with Crippen LogP contribution in [0.5, 0.6) is 11.5 Å². The standard InChI is InChI=1S/C67H60N6O.Pt/c1-44-35-61(68-42-57(44)47-27-18-13-19-28-47)73-58-32-21-20-29-55(58)56-34-33-51(39-59(56)73)74-52-40-60(67(8,9)10)69-62(41-52)72-43-71(50-37-48(65(2,3)4)36-49(38-50)66(5,6)7)64(70-72)63-53(45-23-14-11-15-24-45)30-22-31-54(63)46-25-16-12-17-26-46;/h11-38,40,42H,1-10H3;/q-2;. The van der Waals surface area contributed by atoms with E-state index < -0.39 is 0 Å². The molecule has 4 aromatic heterocycles. The van der Waals surface area contributed by atoms with Gasteiger partial charge in [0.2, 0.25) is 12.2 Å². The monoisotopic (exact) mass is 1160 g/mol. The molecule has 0 aliphatic carbocycles. The van der Waals surface area contributed by atoms with Crippen LogP contribution >= 0.6 is 0 Å². The largest absolute Gasteiger partial charge is 0.522 e. The van der Waals surface area contributed by atoms with E-state index in [1.807, 2.05) is 24.4 Å². The van der Waals surface area contributed by atoms with Gasteiger partial charge in [0.25, 0.3) is 0 Å². The quantitative estimate of drug-likeness (QED) is 0.107. The molecule has 11 rings (SSSR count). The number of aromatic nitrogens is 6. The Labute approximate surface area is 455 Å². The maximum Gasteiger partial charge on any atom is 0.233 e. The van der Waals surface area contributed by atoms with Crippen molar-refractivity contribution < 1.29 is 30.4 Å². The average Bonchev–Trinajstić information content (AvgIpc) is 3.99. The van der Waals surface area contributed by atoms with E-state index in [-0.39, 0.29) is 37.3 Å². The molecule has 11 aromatic rings. The SMILES string of the molecule is Cc1cc(-n2c3[c-]c(Oc4[c-]c(-n5[c-][n+](-c6cc(C(C)(C)C)cc(C(C)(C)C)c6)c(-c6c(-c7ccccc7)cccc6-c6ccccc6)n5)nc(C(C)(C)C)c4)ccc3c3ccccc32)ncc1-c1ccccc1.[Pt]. The van der Waals surface area contributed by atoms with Crippen LogP contribution in [0.25, 0.3) is 83.9 Å². The molecular formula is C67H60N6OPt-2. The van der Waals surface area contributed by atoms with Crippen molar-refractivity contribution in [1.29, 1.82) is 0 Å². The maximum absolute atomic E-state index is 6.89. The summed E-state index contributed by atoms with van der Waals surface area (Å²) in [6.45, 7) is 22.2. The van der Waals surface area contributed by atoms with Crippen molar-refractivity contribution in [1.82, 2.24) is 24.3 Å². The van der Waals surface area contributed by atoms with Gasteiger partial charge in [-0.25, -0.2) is 4.98 Å². The van der Waals surface area contributed by atoms with Gasteiger partial charge in [0, 0.05) is 55.3 Å². The minimum Gasteiger partial charge on any atom is -0.522 e. The number of benzene rings is 7. The summed E-state index contributed by atoms with van der Waals surface area (Å²) in [7, 11) is 0. The van der Waals surface area contributed by atoms with E-state index in [4.69, 9.17) is 19.8 Å². The number of fused-ring (bicyclic) bond motifs is 3. The summed E-state index contributed by atoms with van der Waals surface area (Å²) in [6.07, 6.45) is 5.71. The maximum atomic E-state index is 6.89. The zero-order valence-electron chi connectivity index (χ0n) is 44.2. The van der Waals surface area contributed by atoms with E-state index in [0.717, 1.165) is 83.5 Å². The molecule has 0 aliphatic rings. The smallest absolute Gasteiger partial charge is 0.233 e. The number of rotatable bonds is 9. The van der Waals surface area contributed by atoms with Gasteiger partial charge < -0.3 is 18.9 Å². The summed E-state index contributed by atoms with van der Waals surface area (Å²) in [5, 5.41) is 7.71. The topological polar surface area (TPSA) is 61.6 Å². The van der Waals surface area contributed by atoms with Crippen molar-refractivity contribution >= 4 is 21.8 Å². The minimum absolute atomic E-state index is 0. The third-order valence-corrected chi connectivity index (χ3v) is 13.9. The number of para-hydroxylation sites is 1. The Bertz CT molecular complexity index is 3780. The minimum atomic E-state index is -0.369. The Morgan fingerprint density at radius 3 is 1.68 bits per heavy atom. The molecule has 0 saturated carbocycles. The van der Waals surface area contributed by atoms with Crippen LogP contribution in [0.4, 0.5) is 0 Å². The summed E-state index contributed by atoms with van der Waals surface area (Å²) in [4.78, 5) is 10.4. The summed E-state index contributed by atoms with van der Waals surface area (Å²) >= 11 is 0. The molecule has 0 N–H and O–H groups in total. The molecule has 0 spiro atoms. The van der Waals surface area contributed by atoms with Gasteiger partial charge >= 0.3 is 0 Å². The van der Waals surface area contributed by atoms with Crippen molar-refractivity contribution in [3.05, 3.63) is 223 Å². The van der Waals surface area contributed by atoms with Gasteiger partial charge in [-0.2, -0.15) is 16.8 Å². The number of hydrogen-bond donors (Lipinski definition) is 0. The molecule has 0 saturated heterocycles. The molecule has 0 bridgehead atoms. The van der Waals surface area contributed by atoms with Crippen LogP contribution in [0.15, 0.2) is 182 Å². The Hall–Kier alpha value is -7.73. The fraction of sp³-hybridized carbons (Fsp3) is 0.194. The van der Waals surface area contributed by atoms with E-state index in [1.54, 1.807) is 4.68 Å². The first-order valence-corrected chi connectivity index (χ1v) is 25.4. The predicted octanol–water partition coefficient (Wildman–Crippen LogP) is 16.1. The van der Waals surface area contributed by atoms with Crippen LogP contribution in [-0.4, -0.2) is 24.3 Å². The molecular weight excluding hydrogens is 1100 g/mol. The second-order valence-corrected chi connectivity index (χ2v) is 22.4. The predicted molar refractivity (Wildman–Crippen MR) is 301 cm³/mol. The van der Waals surface area contributed by atoms with Crippen molar-refractivity contribution in [2.45, 2.75) is 85.5 Å². The van der Waals surface area contributed by atoms with E-state index in [0.29, 0.717) is 23.1 Å². The van der Waals surface area contributed by atoms with Crippen molar-refractivity contribution in [3.63, 3.8) is 0 Å². The molecule has 0 atom stereocenters. The van der Waals surface area contributed by atoms with Gasteiger partial charge in [-0.15, -0.1) is 23.6 Å². The number of hydrogen-bond acceptors (Lipinski definition) is 4. The van der Waals surface area contributed by atoms with Crippen molar-refractivity contribution in [2.75, 3.05) is 0 Å². The molecule has 7 aromatic carbocycles. The fourth-order valence-corrected chi connectivity index (χ4v) is 9.71. The summed E-state index contributed by atoms with van der Waals surface area (Å²) in [5.41, 5.74) is 14.0. The van der Waals surface area contributed by atoms with Gasteiger partial charge in [0.1, 0.15) is 5.82 Å². The summed E-state index contributed by atoms with van der Waals surface area (Å²) in [5.74, 6) is 2.98. The van der Waals surface area contributed by atoms with E-state index >= 15 is 0 Å². The van der Waals surface area contributed by atoms with Crippen LogP contribution in [0.1, 0.15) is 84.7 Å². The molecule has 0 aliphatic heterocycles. The third kappa shape index (κ3) is 10.0. The number of nitrogens with zero attached hydrogens (tertiary/aromatic N) is 6. The second-order valence-electron chi connectivity index (χ2n) is 22.4. The van der Waals surface area contributed by atoms with Gasteiger partial charge in [-0.05, 0) is 102 Å². The van der Waals surface area contributed by atoms with Crippen LogP contribution in [-0.2, 0) is 37.3 Å². The van der Waals surface area contributed by atoms with Gasteiger partial charge in [-0.3, -0.25) is 0 Å². The molecule has 0 fully saturated rings. The van der Waals surface area contributed by atoms with Gasteiger partial charge in [-0.1, -0.05) is 213 Å². The second kappa shape index (κ2) is 19.8. The molecule has 376 valence electrons. The van der Waals surface area contributed by atoms with E-state index in [2.05, 4.69) is 255 Å². The zero-order chi connectivity index (χ0) is 51.5. The molecule has 7 nitrogen and oxygen atoms in total. The van der Waals surface area contributed by atoms with E-state index in [9.17, 15) is 0 Å². The van der Waals surface area contributed by atoms with E-state index in [1.165, 1.54) is 11.1 Å². The van der Waals surface area contributed by atoms with Crippen molar-refractivity contribution in [3.8, 4) is 73.6 Å². The Kier molecular flexibility index (Phi) is 13.4. The molecule has 0 unspecified atom stereocenters. The summed E-state index contributed by atoms with van der Waals surface area (Å²) in [6, 6.07) is 68.8. The van der Waals surface area contributed by atoms with Crippen LogP contribution < -0.4 is 9.30 Å². The van der Waals surface area contributed by atoms with Crippen LogP contribution in [0.2, 0.25) is 0 Å². The average molecular weight is 1160 g/mol. The third-order valence-electron chi connectivity index (χ3n) is 13.9.